The highest BCUT2D eigenvalue weighted by Crippen LogP contribution is 2.42. The van der Waals surface area contributed by atoms with Crippen molar-refractivity contribution < 1.29 is 9.53 Å². The molecule has 0 bridgehead atoms. The largest absolute Gasteiger partial charge is 0.456 e. The van der Waals surface area contributed by atoms with E-state index in [0.29, 0.717) is 34.2 Å². The van der Waals surface area contributed by atoms with Gasteiger partial charge in [-0.05, 0) is 24.1 Å². The van der Waals surface area contributed by atoms with Crippen LogP contribution in [0.25, 0.3) is 0 Å². The highest BCUT2D eigenvalue weighted by molar-refractivity contribution is 6.30. The predicted molar refractivity (Wildman–Crippen MR) is 101 cm³/mol. The van der Waals surface area contributed by atoms with Crippen LogP contribution >= 0.6 is 11.6 Å². The lowest BCUT2D eigenvalue weighted by molar-refractivity contribution is -0.136. The van der Waals surface area contributed by atoms with E-state index in [0.717, 1.165) is 18.4 Å². The molecule has 2 aromatic rings. The van der Waals surface area contributed by atoms with Crippen LogP contribution in [0, 0.1) is 0 Å². The minimum atomic E-state index is -0.624. The number of nitrogens with zero attached hydrogens (tertiary/aromatic N) is 1. The first-order valence-electron chi connectivity index (χ1n) is 8.81. The zero-order chi connectivity index (χ0) is 19.1. The fraction of sp³-hybridized carbons (Fsp3) is 0.316. The second kappa shape index (κ2) is 6.74. The van der Waals surface area contributed by atoms with Crippen LogP contribution in [0.2, 0.25) is 5.02 Å². The number of hydrogen-bond acceptors (Lipinski definition) is 5. The average Bonchev–Trinajstić information content (AvgIpc) is 3.01. The number of carbonyl (C=O) groups is 1. The van der Waals surface area contributed by atoms with Gasteiger partial charge in [0, 0.05) is 11.6 Å². The number of carbonyl (C=O) groups excluding carboxylic acids is 1. The second-order valence-electron chi connectivity index (χ2n) is 6.60. The molecular formula is C19H18ClN3O4. The van der Waals surface area contributed by atoms with Crippen LogP contribution < -0.4 is 16.6 Å². The number of halogens is 1. The van der Waals surface area contributed by atoms with E-state index in [9.17, 15) is 14.4 Å². The average molecular weight is 388 g/mol. The van der Waals surface area contributed by atoms with Crippen molar-refractivity contribution in [1.29, 1.82) is 0 Å². The standard InChI is InChI=1S/C19H18ClN3O4/c1-2-3-8-23-16-15(17(24)22-19(23)26)13(10-4-6-11(20)7-5-10)14-12(21-16)9-27-18(14)25/h4-7,13,21H,2-3,8-9H2,1H3,(H,22,24,26)/t13-/m0/s1. The molecule has 140 valence electrons. The zero-order valence-electron chi connectivity index (χ0n) is 14.7. The number of esters is 1. The molecule has 3 heterocycles. The number of hydrogen-bond donors (Lipinski definition) is 2. The number of anilines is 1. The van der Waals surface area contributed by atoms with E-state index in [1.54, 1.807) is 24.3 Å². The number of aromatic nitrogens is 2. The molecule has 0 spiro atoms. The predicted octanol–water partition coefficient (Wildman–Crippen LogP) is 2.36. The number of H-pyrrole nitrogens is 1. The summed E-state index contributed by atoms with van der Waals surface area (Å²) in [5.41, 5.74) is 1.08. The topological polar surface area (TPSA) is 93.2 Å². The summed E-state index contributed by atoms with van der Waals surface area (Å²) in [4.78, 5) is 39.9. The molecule has 2 aliphatic rings. The van der Waals surface area contributed by atoms with Crippen molar-refractivity contribution in [3.8, 4) is 0 Å². The van der Waals surface area contributed by atoms with Crippen molar-refractivity contribution in [2.75, 3.05) is 11.9 Å². The van der Waals surface area contributed by atoms with Gasteiger partial charge >= 0.3 is 11.7 Å². The van der Waals surface area contributed by atoms with Crippen LogP contribution in [0.5, 0.6) is 0 Å². The summed E-state index contributed by atoms with van der Waals surface area (Å²) in [6, 6.07) is 6.97. The fourth-order valence-electron chi connectivity index (χ4n) is 3.61. The maximum absolute atomic E-state index is 12.7. The molecule has 0 unspecified atom stereocenters. The van der Waals surface area contributed by atoms with E-state index in [-0.39, 0.29) is 6.61 Å². The Morgan fingerprint density at radius 3 is 2.67 bits per heavy atom. The van der Waals surface area contributed by atoms with Crippen LogP contribution in [0.1, 0.15) is 36.8 Å². The maximum atomic E-state index is 12.7. The third-order valence-electron chi connectivity index (χ3n) is 4.91. The lowest BCUT2D eigenvalue weighted by Gasteiger charge is -2.28. The van der Waals surface area contributed by atoms with E-state index in [4.69, 9.17) is 16.3 Å². The van der Waals surface area contributed by atoms with Crippen LogP contribution in [0.3, 0.4) is 0 Å². The number of fused-ring (bicyclic) bond motifs is 1. The molecule has 7 nitrogen and oxygen atoms in total. The molecule has 8 heteroatoms. The number of aromatic amines is 1. The normalized spacial score (nSPS) is 18.0. The van der Waals surface area contributed by atoms with Crippen molar-refractivity contribution in [3.63, 3.8) is 0 Å². The molecule has 0 aliphatic carbocycles. The molecule has 0 saturated heterocycles. The quantitative estimate of drug-likeness (QED) is 0.785. The molecule has 1 atom stereocenters. The third-order valence-corrected chi connectivity index (χ3v) is 5.17. The Kier molecular flexibility index (Phi) is 4.39. The maximum Gasteiger partial charge on any atom is 0.337 e. The van der Waals surface area contributed by atoms with Crippen LogP contribution in [0.4, 0.5) is 5.82 Å². The highest BCUT2D eigenvalue weighted by atomic mass is 35.5. The Hall–Kier alpha value is -2.80. The van der Waals surface area contributed by atoms with Crippen LogP contribution in [-0.2, 0) is 16.1 Å². The summed E-state index contributed by atoms with van der Waals surface area (Å²) < 4.78 is 6.72. The lowest BCUT2D eigenvalue weighted by Crippen LogP contribution is -2.38. The highest BCUT2D eigenvalue weighted by Gasteiger charge is 2.41. The van der Waals surface area contributed by atoms with Gasteiger partial charge in [0.15, 0.2) is 0 Å². The van der Waals surface area contributed by atoms with E-state index in [1.807, 2.05) is 6.92 Å². The first kappa shape index (κ1) is 17.6. The number of ether oxygens (including phenoxy) is 1. The van der Waals surface area contributed by atoms with Crippen molar-refractivity contribution >= 4 is 23.4 Å². The Balaban J connectivity index is 1.98. The summed E-state index contributed by atoms with van der Waals surface area (Å²) in [5, 5.41) is 3.66. The van der Waals surface area contributed by atoms with Gasteiger partial charge in [-0.15, -0.1) is 0 Å². The van der Waals surface area contributed by atoms with Gasteiger partial charge in [0.1, 0.15) is 12.4 Å². The van der Waals surface area contributed by atoms with E-state index in [1.165, 1.54) is 4.57 Å². The summed E-state index contributed by atoms with van der Waals surface area (Å²) in [6.07, 6.45) is 1.68. The summed E-state index contributed by atoms with van der Waals surface area (Å²) in [7, 11) is 0. The monoisotopic (exact) mass is 387 g/mol. The number of cyclic esters (lactones) is 1. The zero-order valence-corrected chi connectivity index (χ0v) is 15.4. The smallest absolute Gasteiger partial charge is 0.337 e. The fourth-order valence-corrected chi connectivity index (χ4v) is 3.73. The number of rotatable bonds is 4. The van der Waals surface area contributed by atoms with E-state index in [2.05, 4.69) is 10.3 Å². The van der Waals surface area contributed by atoms with Crippen LogP contribution in [0.15, 0.2) is 45.1 Å². The molecule has 1 aromatic carbocycles. The van der Waals surface area contributed by atoms with Gasteiger partial charge in [-0.3, -0.25) is 14.3 Å². The molecule has 0 saturated carbocycles. The first-order valence-corrected chi connectivity index (χ1v) is 9.18. The van der Waals surface area contributed by atoms with Crippen molar-refractivity contribution in [2.45, 2.75) is 32.2 Å². The summed E-state index contributed by atoms with van der Waals surface area (Å²) >= 11 is 6.00. The summed E-state index contributed by atoms with van der Waals surface area (Å²) in [6.45, 7) is 2.58. The molecule has 2 N–H and O–H groups in total. The van der Waals surface area contributed by atoms with Gasteiger partial charge in [-0.2, -0.15) is 0 Å². The van der Waals surface area contributed by atoms with Gasteiger partial charge in [-0.1, -0.05) is 37.1 Å². The van der Waals surface area contributed by atoms with Gasteiger partial charge in [0.05, 0.1) is 22.8 Å². The SMILES string of the molecule is CCCCn1c2c(c(=O)[nH]c1=O)[C@@H](c1ccc(Cl)cc1)C1=C(COC1=O)N2. The number of benzene rings is 1. The van der Waals surface area contributed by atoms with Gasteiger partial charge in [0.25, 0.3) is 5.56 Å². The van der Waals surface area contributed by atoms with Gasteiger partial charge in [-0.25, -0.2) is 9.59 Å². The molecule has 0 amide bonds. The Morgan fingerprint density at radius 1 is 1.22 bits per heavy atom. The van der Waals surface area contributed by atoms with Crippen LogP contribution in [-0.4, -0.2) is 22.1 Å². The number of unbranched alkanes of at least 4 members (excludes halogenated alkanes) is 1. The van der Waals surface area contributed by atoms with Gasteiger partial charge in [0.2, 0.25) is 0 Å². The van der Waals surface area contributed by atoms with Crippen molar-refractivity contribution in [2.24, 2.45) is 0 Å². The molecule has 2 aliphatic heterocycles. The van der Waals surface area contributed by atoms with E-state index >= 15 is 0 Å². The Bertz CT molecular complexity index is 1070. The van der Waals surface area contributed by atoms with Gasteiger partial charge < -0.3 is 10.1 Å². The Morgan fingerprint density at radius 2 is 1.96 bits per heavy atom. The molecule has 0 radical (unpaired) electrons. The molecular weight excluding hydrogens is 370 g/mol. The van der Waals surface area contributed by atoms with Crippen molar-refractivity contribution in [3.05, 3.63) is 72.5 Å². The second-order valence-corrected chi connectivity index (χ2v) is 7.04. The summed E-state index contributed by atoms with van der Waals surface area (Å²) in [5.74, 6) is -0.663. The molecule has 0 fully saturated rings. The molecule has 1 aromatic heterocycles. The Labute approximate surface area is 159 Å². The first-order chi connectivity index (χ1) is 13.0. The molecule has 27 heavy (non-hydrogen) atoms. The third kappa shape index (κ3) is 2.88. The lowest BCUT2D eigenvalue weighted by atomic mass is 9.83. The minimum absolute atomic E-state index is 0.0897. The van der Waals surface area contributed by atoms with Crippen molar-refractivity contribution in [1.82, 2.24) is 9.55 Å². The minimum Gasteiger partial charge on any atom is -0.456 e. The van der Waals surface area contributed by atoms with E-state index < -0.39 is 23.1 Å². The number of nitrogens with one attached hydrogen (secondary N) is 2. The molecule has 4 rings (SSSR count).